The summed E-state index contributed by atoms with van der Waals surface area (Å²) in [5.41, 5.74) is 2.53. The van der Waals surface area contributed by atoms with Crippen molar-refractivity contribution >= 4 is 5.91 Å². The molecule has 1 aromatic carbocycles. The van der Waals surface area contributed by atoms with Crippen LogP contribution in [0.1, 0.15) is 30.4 Å². The molecule has 0 radical (unpaired) electrons. The molecule has 0 aliphatic carbocycles. The van der Waals surface area contributed by atoms with Crippen molar-refractivity contribution < 1.29 is 4.79 Å². The Hall–Kier alpha value is -1.31. The minimum absolute atomic E-state index is 0.170. The van der Waals surface area contributed by atoms with Gasteiger partial charge in [0.05, 0.1) is 0 Å². The summed E-state index contributed by atoms with van der Waals surface area (Å²) >= 11 is 0. The number of benzene rings is 1. The van der Waals surface area contributed by atoms with E-state index in [0.717, 1.165) is 0 Å². The van der Waals surface area contributed by atoms with Crippen LogP contribution in [0.25, 0.3) is 0 Å². The highest BCUT2D eigenvalue weighted by atomic mass is 16.1. The van der Waals surface area contributed by atoms with Crippen LogP contribution in [0.15, 0.2) is 24.3 Å². The van der Waals surface area contributed by atoms with Crippen molar-refractivity contribution in [1.82, 2.24) is 5.32 Å². The van der Waals surface area contributed by atoms with Gasteiger partial charge in [-0.3, -0.25) is 4.79 Å². The van der Waals surface area contributed by atoms with Gasteiger partial charge in [-0.25, -0.2) is 0 Å². The Morgan fingerprint density at radius 3 is 2.43 bits per heavy atom. The summed E-state index contributed by atoms with van der Waals surface area (Å²) in [7, 11) is 0. The Balaban J connectivity index is 2.23. The van der Waals surface area contributed by atoms with Crippen molar-refractivity contribution in [2.75, 3.05) is 0 Å². The van der Waals surface area contributed by atoms with Gasteiger partial charge in [-0.15, -0.1) is 0 Å². The first-order chi connectivity index (χ1) is 6.66. The van der Waals surface area contributed by atoms with E-state index in [1.54, 1.807) is 0 Å². The van der Waals surface area contributed by atoms with E-state index in [2.05, 4.69) is 43.4 Å². The van der Waals surface area contributed by atoms with Crippen molar-refractivity contribution in [3.05, 3.63) is 35.4 Å². The predicted molar refractivity (Wildman–Crippen MR) is 56.1 cm³/mol. The number of hydrogen-bond acceptors (Lipinski definition) is 1. The van der Waals surface area contributed by atoms with E-state index in [4.69, 9.17) is 0 Å². The fraction of sp³-hybridized carbons (Fsp3) is 0.417. The molecule has 1 heterocycles. The second-order valence-corrected chi connectivity index (χ2v) is 4.08. The second-order valence-electron chi connectivity index (χ2n) is 4.08. The minimum atomic E-state index is 0.170. The predicted octanol–water partition coefficient (Wildman–Crippen LogP) is 1.99. The van der Waals surface area contributed by atoms with Crippen LogP contribution in [0.4, 0.5) is 0 Å². The van der Waals surface area contributed by atoms with Gasteiger partial charge in [-0.05, 0) is 19.4 Å². The van der Waals surface area contributed by atoms with Crippen molar-refractivity contribution in [3.63, 3.8) is 0 Å². The summed E-state index contributed by atoms with van der Waals surface area (Å²) in [4.78, 5) is 11.2. The summed E-state index contributed by atoms with van der Waals surface area (Å²) in [6.07, 6.45) is 0.629. The lowest BCUT2D eigenvalue weighted by molar-refractivity contribution is -0.119. The fourth-order valence-electron chi connectivity index (χ4n) is 2.01. The number of nitrogens with one attached hydrogen (secondary N) is 1. The zero-order chi connectivity index (χ0) is 10.1. The van der Waals surface area contributed by atoms with Gasteiger partial charge in [0.2, 0.25) is 5.91 Å². The monoisotopic (exact) mass is 189 g/mol. The summed E-state index contributed by atoms with van der Waals surface area (Å²) in [5, 5.41) is 2.94. The number of carbonyl (C=O) groups is 1. The van der Waals surface area contributed by atoms with Gasteiger partial charge in [0, 0.05) is 18.4 Å². The number of rotatable bonds is 1. The summed E-state index contributed by atoms with van der Waals surface area (Å²) < 4.78 is 0. The lowest BCUT2D eigenvalue weighted by atomic mass is 9.92. The molecule has 2 unspecified atom stereocenters. The van der Waals surface area contributed by atoms with Crippen molar-refractivity contribution in [3.8, 4) is 0 Å². The highest BCUT2D eigenvalue weighted by Crippen LogP contribution is 2.28. The van der Waals surface area contributed by atoms with Crippen LogP contribution in [0.2, 0.25) is 0 Å². The molecule has 1 saturated heterocycles. The normalized spacial score (nSPS) is 26.3. The van der Waals surface area contributed by atoms with Crippen LogP contribution in [-0.4, -0.2) is 11.9 Å². The van der Waals surface area contributed by atoms with Crippen LogP contribution in [0.5, 0.6) is 0 Å². The first-order valence-corrected chi connectivity index (χ1v) is 5.03. The van der Waals surface area contributed by atoms with Crippen molar-refractivity contribution in [1.29, 1.82) is 0 Å². The third-order valence-electron chi connectivity index (χ3n) is 2.90. The molecule has 1 aliphatic heterocycles. The molecule has 2 atom stereocenters. The lowest BCUT2D eigenvalue weighted by Crippen LogP contribution is -2.24. The molecule has 2 nitrogen and oxygen atoms in total. The fourth-order valence-corrected chi connectivity index (χ4v) is 2.01. The first-order valence-electron chi connectivity index (χ1n) is 5.03. The molecule has 0 spiro atoms. The molecule has 74 valence electrons. The van der Waals surface area contributed by atoms with E-state index in [1.165, 1.54) is 11.1 Å². The van der Waals surface area contributed by atoms with Crippen molar-refractivity contribution in [2.45, 2.75) is 32.2 Å². The molecule has 1 aromatic rings. The smallest absolute Gasteiger partial charge is 0.220 e. The van der Waals surface area contributed by atoms with Crippen LogP contribution >= 0.6 is 0 Å². The third-order valence-corrected chi connectivity index (χ3v) is 2.90. The molecule has 1 N–H and O–H groups in total. The number of carbonyl (C=O) groups excluding carboxylic acids is 1. The maximum absolute atomic E-state index is 11.2. The second kappa shape index (κ2) is 3.45. The van der Waals surface area contributed by atoms with Crippen molar-refractivity contribution in [2.24, 2.45) is 0 Å². The molecule has 0 bridgehead atoms. The van der Waals surface area contributed by atoms with Gasteiger partial charge in [0.25, 0.3) is 0 Å². The topological polar surface area (TPSA) is 29.1 Å². The van der Waals surface area contributed by atoms with Gasteiger partial charge < -0.3 is 5.32 Å². The van der Waals surface area contributed by atoms with E-state index >= 15 is 0 Å². The molecule has 1 aliphatic rings. The van der Waals surface area contributed by atoms with E-state index in [-0.39, 0.29) is 11.9 Å². The largest absolute Gasteiger partial charge is 0.353 e. The summed E-state index contributed by atoms with van der Waals surface area (Å²) in [5.74, 6) is 0.520. The number of hydrogen-bond donors (Lipinski definition) is 1. The lowest BCUT2D eigenvalue weighted by Gasteiger charge is -2.14. The molecule has 2 rings (SSSR count). The highest BCUT2D eigenvalue weighted by molar-refractivity contribution is 5.80. The molecule has 0 saturated carbocycles. The maximum atomic E-state index is 11.2. The highest BCUT2D eigenvalue weighted by Gasteiger charge is 2.29. The van der Waals surface area contributed by atoms with Gasteiger partial charge >= 0.3 is 0 Å². The third kappa shape index (κ3) is 1.65. The average Bonchev–Trinajstić information content (AvgIpc) is 2.47. The first kappa shape index (κ1) is 9.25. The summed E-state index contributed by atoms with van der Waals surface area (Å²) in [6, 6.07) is 8.72. The zero-order valence-electron chi connectivity index (χ0n) is 8.58. The molecule has 0 aromatic heterocycles. The SMILES string of the molecule is Cc1ccc(C2CC(=O)NC2C)cc1. The van der Waals surface area contributed by atoms with E-state index in [9.17, 15) is 4.79 Å². The summed E-state index contributed by atoms with van der Waals surface area (Å²) in [6.45, 7) is 4.14. The molecular weight excluding hydrogens is 174 g/mol. The number of aryl methyl sites for hydroxylation is 1. The maximum Gasteiger partial charge on any atom is 0.220 e. The van der Waals surface area contributed by atoms with E-state index in [0.29, 0.717) is 12.3 Å². The van der Waals surface area contributed by atoms with E-state index < -0.39 is 0 Å². The van der Waals surface area contributed by atoms with E-state index in [1.807, 2.05) is 0 Å². The Morgan fingerprint density at radius 2 is 1.93 bits per heavy atom. The average molecular weight is 189 g/mol. The van der Waals surface area contributed by atoms with Crippen LogP contribution in [0, 0.1) is 6.92 Å². The minimum Gasteiger partial charge on any atom is -0.353 e. The van der Waals surface area contributed by atoms with Gasteiger partial charge in [-0.1, -0.05) is 29.8 Å². The quantitative estimate of drug-likeness (QED) is 0.719. The van der Waals surface area contributed by atoms with Crippen LogP contribution in [-0.2, 0) is 4.79 Å². The molecule has 1 amide bonds. The Bertz CT molecular complexity index is 342. The zero-order valence-corrected chi connectivity index (χ0v) is 8.58. The standard InChI is InChI=1S/C12H15NO/c1-8-3-5-10(6-4-8)11-7-12(14)13-9(11)2/h3-6,9,11H,7H2,1-2H3,(H,13,14). The Kier molecular flexibility index (Phi) is 2.28. The molecule has 1 fully saturated rings. The molecule has 2 heteroatoms. The molecular formula is C12H15NO. The van der Waals surface area contributed by atoms with Gasteiger partial charge in [-0.2, -0.15) is 0 Å². The molecule has 14 heavy (non-hydrogen) atoms. The van der Waals surface area contributed by atoms with Crippen LogP contribution in [0.3, 0.4) is 0 Å². The Morgan fingerprint density at radius 1 is 1.29 bits per heavy atom. The van der Waals surface area contributed by atoms with Gasteiger partial charge in [0.1, 0.15) is 0 Å². The number of amides is 1. The van der Waals surface area contributed by atoms with Gasteiger partial charge in [0.15, 0.2) is 0 Å². The Labute approximate surface area is 84.3 Å². The van der Waals surface area contributed by atoms with Crippen LogP contribution < -0.4 is 5.32 Å².